The van der Waals surface area contributed by atoms with Crippen molar-refractivity contribution in [3.05, 3.63) is 34.1 Å². The number of carbonyl (C=O) groups is 1. The number of Topliss-reactive ketones (excluding diaryl/α,β-unsaturated/α-hetero) is 1. The number of rotatable bonds is 6. The van der Waals surface area contributed by atoms with Crippen LogP contribution in [0.15, 0.2) is 22.7 Å². The van der Waals surface area contributed by atoms with Crippen LogP contribution in [0.4, 0.5) is 4.39 Å². The van der Waals surface area contributed by atoms with Crippen LogP contribution in [0, 0.1) is 5.82 Å². The van der Waals surface area contributed by atoms with E-state index in [9.17, 15) is 9.18 Å². The predicted octanol–water partition coefficient (Wildman–Crippen LogP) is 2.70. The number of hydrogen-bond acceptors (Lipinski definition) is 2. The van der Waals surface area contributed by atoms with Gasteiger partial charge in [0.05, 0.1) is 0 Å². The van der Waals surface area contributed by atoms with E-state index >= 15 is 0 Å². The maximum Gasteiger partial charge on any atom is 0.131 e. The van der Waals surface area contributed by atoms with Crippen LogP contribution in [-0.4, -0.2) is 18.9 Å². The summed E-state index contributed by atoms with van der Waals surface area (Å²) in [7, 11) is 0. The molecule has 88 valence electrons. The standard InChI is InChI=1S/C12H15BrFNO/c1-9(16)4-6-15-7-5-10-8-11(13)2-3-12(10)14/h2-3,8,15H,4-7H2,1H3. The van der Waals surface area contributed by atoms with Crippen LogP contribution in [0.5, 0.6) is 0 Å². The molecule has 0 atom stereocenters. The van der Waals surface area contributed by atoms with E-state index in [1.807, 2.05) is 0 Å². The van der Waals surface area contributed by atoms with E-state index in [-0.39, 0.29) is 11.6 Å². The van der Waals surface area contributed by atoms with Crippen molar-refractivity contribution in [2.75, 3.05) is 13.1 Å². The van der Waals surface area contributed by atoms with Crippen LogP contribution in [0.2, 0.25) is 0 Å². The van der Waals surface area contributed by atoms with Crippen LogP contribution in [-0.2, 0) is 11.2 Å². The van der Waals surface area contributed by atoms with Gasteiger partial charge in [-0.05, 0) is 43.7 Å². The fourth-order valence-electron chi connectivity index (χ4n) is 1.35. The summed E-state index contributed by atoms with van der Waals surface area (Å²) in [5, 5.41) is 3.11. The zero-order chi connectivity index (χ0) is 12.0. The van der Waals surface area contributed by atoms with Gasteiger partial charge in [-0.2, -0.15) is 0 Å². The predicted molar refractivity (Wildman–Crippen MR) is 66.0 cm³/mol. The Kier molecular flexibility index (Phi) is 5.63. The second-order valence-electron chi connectivity index (χ2n) is 3.69. The molecule has 0 fully saturated rings. The molecule has 0 saturated heterocycles. The lowest BCUT2D eigenvalue weighted by Crippen LogP contribution is -2.20. The van der Waals surface area contributed by atoms with E-state index in [0.29, 0.717) is 31.5 Å². The van der Waals surface area contributed by atoms with E-state index in [4.69, 9.17) is 0 Å². The summed E-state index contributed by atoms with van der Waals surface area (Å²) in [6.07, 6.45) is 1.16. The van der Waals surface area contributed by atoms with Gasteiger partial charge in [-0.25, -0.2) is 4.39 Å². The molecule has 0 saturated carbocycles. The molecule has 0 radical (unpaired) electrons. The van der Waals surface area contributed by atoms with E-state index in [1.54, 1.807) is 19.1 Å². The average molecular weight is 288 g/mol. The van der Waals surface area contributed by atoms with Crippen LogP contribution in [0.3, 0.4) is 0 Å². The van der Waals surface area contributed by atoms with Crippen molar-refractivity contribution in [2.45, 2.75) is 19.8 Å². The lowest BCUT2D eigenvalue weighted by Gasteiger charge is -2.05. The van der Waals surface area contributed by atoms with Crippen molar-refractivity contribution in [3.8, 4) is 0 Å². The van der Waals surface area contributed by atoms with Crippen LogP contribution in [0.1, 0.15) is 18.9 Å². The van der Waals surface area contributed by atoms with Crippen molar-refractivity contribution in [1.82, 2.24) is 5.32 Å². The fourth-order valence-corrected chi connectivity index (χ4v) is 1.76. The van der Waals surface area contributed by atoms with Gasteiger partial charge in [0.1, 0.15) is 11.6 Å². The van der Waals surface area contributed by atoms with Gasteiger partial charge in [-0.15, -0.1) is 0 Å². The molecule has 0 amide bonds. The number of nitrogens with one attached hydrogen (secondary N) is 1. The van der Waals surface area contributed by atoms with E-state index in [1.165, 1.54) is 6.07 Å². The molecule has 0 unspecified atom stereocenters. The molecular formula is C12H15BrFNO. The zero-order valence-electron chi connectivity index (χ0n) is 9.22. The average Bonchev–Trinajstić information content (AvgIpc) is 2.22. The highest BCUT2D eigenvalue weighted by atomic mass is 79.9. The van der Waals surface area contributed by atoms with Gasteiger partial charge in [-0.1, -0.05) is 15.9 Å². The molecule has 1 N–H and O–H groups in total. The maximum absolute atomic E-state index is 13.3. The Morgan fingerprint density at radius 2 is 2.19 bits per heavy atom. The fraction of sp³-hybridized carbons (Fsp3) is 0.417. The summed E-state index contributed by atoms with van der Waals surface area (Å²) < 4.78 is 14.2. The smallest absolute Gasteiger partial charge is 0.131 e. The van der Waals surface area contributed by atoms with Crippen molar-refractivity contribution < 1.29 is 9.18 Å². The Bertz CT molecular complexity index is 368. The number of benzene rings is 1. The highest BCUT2D eigenvalue weighted by Crippen LogP contribution is 2.15. The topological polar surface area (TPSA) is 29.1 Å². The summed E-state index contributed by atoms with van der Waals surface area (Å²) in [5.41, 5.74) is 0.685. The molecule has 0 aromatic heterocycles. The maximum atomic E-state index is 13.3. The molecule has 16 heavy (non-hydrogen) atoms. The number of ketones is 1. The minimum Gasteiger partial charge on any atom is -0.316 e. The van der Waals surface area contributed by atoms with Crippen molar-refractivity contribution in [2.24, 2.45) is 0 Å². The minimum absolute atomic E-state index is 0.168. The van der Waals surface area contributed by atoms with Crippen LogP contribution >= 0.6 is 15.9 Å². The van der Waals surface area contributed by atoms with Crippen molar-refractivity contribution in [1.29, 1.82) is 0 Å². The van der Waals surface area contributed by atoms with E-state index in [0.717, 1.165) is 4.47 Å². The monoisotopic (exact) mass is 287 g/mol. The molecule has 1 aromatic carbocycles. The first-order chi connectivity index (χ1) is 7.59. The molecule has 0 aliphatic heterocycles. The van der Waals surface area contributed by atoms with Crippen molar-refractivity contribution in [3.63, 3.8) is 0 Å². The summed E-state index contributed by atoms with van der Waals surface area (Å²) >= 11 is 3.31. The van der Waals surface area contributed by atoms with Crippen LogP contribution < -0.4 is 5.32 Å². The van der Waals surface area contributed by atoms with E-state index < -0.39 is 0 Å². The Labute approximate surface area is 103 Å². The molecule has 2 nitrogen and oxygen atoms in total. The number of carbonyl (C=O) groups excluding carboxylic acids is 1. The Hall–Kier alpha value is -0.740. The van der Waals surface area contributed by atoms with Gasteiger partial charge in [0.25, 0.3) is 0 Å². The van der Waals surface area contributed by atoms with E-state index in [2.05, 4.69) is 21.2 Å². The minimum atomic E-state index is -0.184. The zero-order valence-corrected chi connectivity index (χ0v) is 10.8. The van der Waals surface area contributed by atoms with Gasteiger partial charge < -0.3 is 5.32 Å². The van der Waals surface area contributed by atoms with Gasteiger partial charge >= 0.3 is 0 Å². The third kappa shape index (κ3) is 4.86. The Morgan fingerprint density at radius 1 is 1.44 bits per heavy atom. The molecule has 0 heterocycles. The third-order valence-corrected chi connectivity index (χ3v) is 2.73. The van der Waals surface area contributed by atoms with Gasteiger partial charge in [-0.3, -0.25) is 4.79 Å². The molecule has 1 aromatic rings. The molecule has 0 aliphatic carbocycles. The summed E-state index contributed by atoms with van der Waals surface area (Å²) in [4.78, 5) is 10.7. The third-order valence-electron chi connectivity index (χ3n) is 2.23. The SMILES string of the molecule is CC(=O)CCNCCc1cc(Br)ccc1F. The summed E-state index contributed by atoms with van der Waals surface area (Å²) in [6, 6.07) is 4.92. The molecule has 0 spiro atoms. The molecule has 0 bridgehead atoms. The highest BCUT2D eigenvalue weighted by Gasteiger charge is 2.02. The summed E-state index contributed by atoms with van der Waals surface area (Å²) in [5.74, 6) is -0.0160. The Balaban J connectivity index is 2.31. The Morgan fingerprint density at radius 3 is 2.88 bits per heavy atom. The normalized spacial score (nSPS) is 10.4. The van der Waals surface area contributed by atoms with Gasteiger partial charge in [0.2, 0.25) is 0 Å². The number of hydrogen-bond donors (Lipinski definition) is 1. The number of halogens is 2. The molecule has 0 aliphatic rings. The van der Waals surface area contributed by atoms with Gasteiger partial charge in [0.15, 0.2) is 0 Å². The lowest BCUT2D eigenvalue weighted by molar-refractivity contribution is -0.116. The van der Waals surface area contributed by atoms with Gasteiger partial charge in [0, 0.05) is 17.4 Å². The van der Waals surface area contributed by atoms with Crippen LogP contribution in [0.25, 0.3) is 0 Å². The lowest BCUT2D eigenvalue weighted by atomic mass is 10.1. The largest absolute Gasteiger partial charge is 0.316 e. The summed E-state index contributed by atoms with van der Waals surface area (Å²) in [6.45, 7) is 2.90. The van der Waals surface area contributed by atoms with Crippen molar-refractivity contribution >= 4 is 21.7 Å². The second kappa shape index (κ2) is 6.76. The quantitative estimate of drug-likeness (QED) is 0.815. The second-order valence-corrected chi connectivity index (χ2v) is 4.60. The highest BCUT2D eigenvalue weighted by molar-refractivity contribution is 9.10. The first-order valence-electron chi connectivity index (χ1n) is 5.23. The molecular weight excluding hydrogens is 273 g/mol. The first-order valence-corrected chi connectivity index (χ1v) is 6.03. The first kappa shape index (κ1) is 13.3. The molecule has 4 heteroatoms. The molecule has 1 rings (SSSR count).